The lowest BCUT2D eigenvalue weighted by Crippen LogP contribution is -2.05. The summed E-state index contributed by atoms with van der Waals surface area (Å²) in [6.45, 7) is 2.48. The van der Waals surface area contributed by atoms with Crippen LogP contribution in [0.3, 0.4) is 0 Å². The molecule has 1 rings (SSSR count). The summed E-state index contributed by atoms with van der Waals surface area (Å²) in [5.74, 6) is 0.630. The number of nitrogen functional groups attached to an aromatic ring is 2. The van der Waals surface area contributed by atoms with Crippen molar-refractivity contribution in [3.05, 3.63) is 17.7 Å². The van der Waals surface area contributed by atoms with E-state index in [-0.39, 0.29) is 6.61 Å². The molecule has 0 aromatic heterocycles. The second-order valence-electron chi connectivity index (χ2n) is 2.95. The highest BCUT2D eigenvalue weighted by molar-refractivity contribution is 5.68. The van der Waals surface area contributed by atoms with Crippen LogP contribution in [0.25, 0.3) is 0 Å². The highest BCUT2D eigenvalue weighted by atomic mass is 16.5. The fourth-order valence-corrected chi connectivity index (χ4v) is 1.33. The SMILES string of the molecule is CCOc1ccc(N)c(CCO)c1N. The molecule has 0 fully saturated rings. The standard InChI is InChI=1S/C10H16N2O2/c1-2-14-9-4-3-8(11)7(5-6-13)10(9)12/h3-4,13H,2,5-6,11-12H2,1H3. The van der Waals surface area contributed by atoms with Gasteiger partial charge < -0.3 is 21.3 Å². The van der Waals surface area contributed by atoms with Gasteiger partial charge in [-0.15, -0.1) is 0 Å². The van der Waals surface area contributed by atoms with Crippen molar-refractivity contribution in [1.29, 1.82) is 0 Å². The molecule has 78 valence electrons. The molecule has 0 aliphatic heterocycles. The number of benzene rings is 1. The van der Waals surface area contributed by atoms with Crippen LogP contribution in [0.5, 0.6) is 5.75 Å². The van der Waals surface area contributed by atoms with Crippen molar-refractivity contribution in [2.75, 3.05) is 24.7 Å². The Morgan fingerprint density at radius 2 is 2.07 bits per heavy atom. The van der Waals surface area contributed by atoms with E-state index in [4.69, 9.17) is 21.3 Å². The van der Waals surface area contributed by atoms with Gasteiger partial charge in [-0.25, -0.2) is 0 Å². The van der Waals surface area contributed by atoms with E-state index in [1.54, 1.807) is 12.1 Å². The van der Waals surface area contributed by atoms with Gasteiger partial charge in [0, 0.05) is 17.9 Å². The summed E-state index contributed by atoms with van der Waals surface area (Å²) in [5.41, 5.74) is 13.5. The number of hydrogen-bond acceptors (Lipinski definition) is 4. The first-order chi connectivity index (χ1) is 6.70. The summed E-state index contributed by atoms with van der Waals surface area (Å²) < 4.78 is 5.32. The molecule has 0 spiro atoms. The third-order valence-electron chi connectivity index (χ3n) is 2.01. The molecule has 0 atom stereocenters. The summed E-state index contributed by atoms with van der Waals surface area (Å²) in [4.78, 5) is 0. The number of aliphatic hydroxyl groups is 1. The third kappa shape index (κ3) is 2.09. The lowest BCUT2D eigenvalue weighted by molar-refractivity contribution is 0.299. The maximum Gasteiger partial charge on any atom is 0.142 e. The third-order valence-corrected chi connectivity index (χ3v) is 2.01. The first-order valence-electron chi connectivity index (χ1n) is 4.61. The Hall–Kier alpha value is -1.42. The van der Waals surface area contributed by atoms with Gasteiger partial charge in [-0.2, -0.15) is 0 Å². The number of aliphatic hydroxyl groups excluding tert-OH is 1. The molecular weight excluding hydrogens is 180 g/mol. The van der Waals surface area contributed by atoms with E-state index in [9.17, 15) is 0 Å². The van der Waals surface area contributed by atoms with Gasteiger partial charge in [-0.05, 0) is 25.5 Å². The summed E-state index contributed by atoms with van der Waals surface area (Å²) >= 11 is 0. The lowest BCUT2D eigenvalue weighted by atomic mass is 10.1. The fraction of sp³-hybridized carbons (Fsp3) is 0.400. The van der Waals surface area contributed by atoms with Crippen molar-refractivity contribution in [3.8, 4) is 5.75 Å². The molecule has 0 aliphatic rings. The highest BCUT2D eigenvalue weighted by Crippen LogP contribution is 2.30. The van der Waals surface area contributed by atoms with E-state index < -0.39 is 0 Å². The normalized spacial score (nSPS) is 10.1. The summed E-state index contributed by atoms with van der Waals surface area (Å²) in [6.07, 6.45) is 0.457. The monoisotopic (exact) mass is 196 g/mol. The summed E-state index contributed by atoms with van der Waals surface area (Å²) in [5, 5.41) is 8.84. The molecule has 0 unspecified atom stereocenters. The van der Waals surface area contributed by atoms with Gasteiger partial charge in [0.1, 0.15) is 5.75 Å². The van der Waals surface area contributed by atoms with E-state index in [1.807, 2.05) is 6.92 Å². The van der Waals surface area contributed by atoms with Gasteiger partial charge in [0.15, 0.2) is 0 Å². The average molecular weight is 196 g/mol. The van der Waals surface area contributed by atoms with Crippen molar-refractivity contribution in [1.82, 2.24) is 0 Å². The summed E-state index contributed by atoms with van der Waals surface area (Å²) in [6, 6.07) is 3.49. The Bertz CT molecular complexity index is 313. The lowest BCUT2D eigenvalue weighted by Gasteiger charge is -2.12. The number of hydrogen-bond donors (Lipinski definition) is 3. The second kappa shape index (κ2) is 4.72. The summed E-state index contributed by atoms with van der Waals surface area (Å²) in [7, 11) is 0. The van der Waals surface area contributed by atoms with E-state index in [0.717, 1.165) is 5.56 Å². The molecule has 0 saturated carbocycles. The average Bonchev–Trinajstić information content (AvgIpc) is 2.17. The van der Waals surface area contributed by atoms with Crippen molar-refractivity contribution < 1.29 is 9.84 Å². The van der Waals surface area contributed by atoms with Crippen LogP contribution in [0.4, 0.5) is 11.4 Å². The van der Waals surface area contributed by atoms with Gasteiger partial charge in [-0.3, -0.25) is 0 Å². The Kier molecular flexibility index (Phi) is 3.59. The predicted molar refractivity (Wildman–Crippen MR) is 57.2 cm³/mol. The molecule has 0 aliphatic carbocycles. The molecular formula is C10H16N2O2. The van der Waals surface area contributed by atoms with Crippen LogP contribution in [0.15, 0.2) is 12.1 Å². The van der Waals surface area contributed by atoms with Gasteiger partial charge in [0.25, 0.3) is 0 Å². The first kappa shape index (κ1) is 10.7. The minimum Gasteiger partial charge on any atom is -0.492 e. The molecule has 0 heterocycles. The number of ether oxygens (including phenoxy) is 1. The minimum absolute atomic E-state index is 0.0317. The van der Waals surface area contributed by atoms with Gasteiger partial charge in [-0.1, -0.05) is 0 Å². The van der Waals surface area contributed by atoms with Gasteiger partial charge in [0.05, 0.1) is 12.3 Å². The van der Waals surface area contributed by atoms with Gasteiger partial charge in [0.2, 0.25) is 0 Å². The maximum absolute atomic E-state index is 8.84. The molecule has 1 aromatic rings. The molecule has 0 saturated heterocycles. The largest absolute Gasteiger partial charge is 0.492 e. The van der Waals surface area contributed by atoms with Crippen molar-refractivity contribution in [2.24, 2.45) is 0 Å². The highest BCUT2D eigenvalue weighted by Gasteiger charge is 2.08. The van der Waals surface area contributed by atoms with Crippen LogP contribution in [0.1, 0.15) is 12.5 Å². The van der Waals surface area contributed by atoms with E-state index in [1.165, 1.54) is 0 Å². The quantitative estimate of drug-likeness (QED) is 0.622. The molecule has 0 bridgehead atoms. The van der Waals surface area contributed by atoms with Gasteiger partial charge >= 0.3 is 0 Å². The molecule has 0 amide bonds. The van der Waals surface area contributed by atoms with Crippen LogP contribution in [-0.4, -0.2) is 18.3 Å². The molecule has 5 N–H and O–H groups in total. The molecule has 14 heavy (non-hydrogen) atoms. The molecule has 4 nitrogen and oxygen atoms in total. The van der Waals surface area contributed by atoms with Crippen LogP contribution >= 0.6 is 0 Å². The van der Waals surface area contributed by atoms with Crippen molar-refractivity contribution in [3.63, 3.8) is 0 Å². The van der Waals surface area contributed by atoms with E-state index in [2.05, 4.69) is 0 Å². The zero-order valence-corrected chi connectivity index (χ0v) is 8.29. The molecule has 0 radical (unpaired) electrons. The minimum atomic E-state index is 0.0317. The zero-order valence-electron chi connectivity index (χ0n) is 8.29. The number of rotatable bonds is 4. The maximum atomic E-state index is 8.84. The topological polar surface area (TPSA) is 81.5 Å². The Labute approximate surface area is 83.5 Å². The Morgan fingerprint density at radius 3 is 2.64 bits per heavy atom. The van der Waals surface area contributed by atoms with Crippen LogP contribution in [0, 0.1) is 0 Å². The first-order valence-corrected chi connectivity index (χ1v) is 4.61. The number of anilines is 2. The smallest absolute Gasteiger partial charge is 0.142 e. The molecule has 4 heteroatoms. The fourth-order valence-electron chi connectivity index (χ4n) is 1.33. The van der Waals surface area contributed by atoms with Crippen molar-refractivity contribution in [2.45, 2.75) is 13.3 Å². The second-order valence-corrected chi connectivity index (χ2v) is 2.95. The Morgan fingerprint density at radius 1 is 1.36 bits per heavy atom. The van der Waals surface area contributed by atoms with E-state index in [0.29, 0.717) is 30.2 Å². The van der Waals surface area contributed by atoms with Crippen LogP contribution < -0.4 is 16.2 Å². The Balaban J connectivity index is 3.05. The zero-order chi connectivity index (χ0) is 10.6. The molecule has 1 aromatic carbocycles. The number of nitrogens with two attached hydrogens (primary N) is 2. The van der Waals surface area contributed by atoms with Crippen molar-refractivity contribution >= 4 is 11.4 Å². The van der Waals surface area contributed by atoms with Crippen LogP contribution in [-0.2, 0) is 6.42 Å². The van der Waals surface area contributed by atoms with Crippen LogP contribution in [0.2, 0.25) is 0 Å². The predicted octanol–water partition coefficient (Wildman–Crippen LogP) is 0.784. The van der Waals surface area contributed by atoms with E-state index >= 15 is 0 Å².